The van der Waals surface area contributed by atoms with Gasteiger partial charge in [-0.25, -0.2) is 4.39 Å². The highest BCUT2D eigenvalue weighted by atomic mass is 35.5. The minimum Gasteiger partial charge on any atom is -0.469 e. The Morgan fingerprint density at radius 1 is 1.44 bits per heavy atom. The van der Waals surface area contributed by atoms with Gasteiger partial charge in [-0.3, -0.25) is 4.79 Å². The normalized spacial score (nSPS) is 10.8. The van der Waals surface area contributed by atoms with Crippen molar-refractivity contribution in [3.63, 3.8) is 0 Å². The molecule has 0 spiro atoms. The first-order valence-corrected chi connectivity index (χ1v) is 5.18. The lowest BCUT2D eigenvalue weighted by atomic mass is 10.2. The highest BCUT2D eigenvalue weighted by Crippen LogP contribution is 2.25. The maximum atomic E-state index is 13.1. The zero-order valence-corrected chi connectivity index (χ0v) is 9.98. The number of methoxy groups -OCH3 is 1. The average Bonchev–Trinajstić information content (AvgIpc) is 2.25. The van der Waals surface area contributed by atoms with Crippen molar-refractivity contribution in [2.75, 3.05) is 7.11 Å². The SMILES string of the molecule is COC(=O)CC=Cc1cc(Cl)c(F)c(Cl)c1. The van der Waals surface area contributed by atoms with Crippen molar-refractivity contribution >= 4 is 35.2 Å². The number of esters is 1. The number of hydrogen-bond acceptors (Lipinski definition) is 2. The largest absolute Gasteiger partial charge is 0.469 e. The van der Waals surface area contributed by atoms with Gasteiger partial charge >= 0.3 is 5.97 Å². The Morgan fingerprint density at radius 2 is 2.00 bits per heavy atom. The van der Waals surface area contributed by atoms with E-state index in [1.807, 2.05) is 0 Å². The third-order valence-electron chi connectivity index (χ3n) is 1.83. The number of carbonyl (C=O) groups excluding carboxylic acids is 1. The Hall–Kier alpha value is -1.06. The van der Waals surface area contributed by atoms with Crippen molar-refractivity contribution in [3.05, 3.63) is 39.6 Å². The summed E-state index contributed by atoms with van der Waals surface area (Å²) >= 11 is 11.2. The van der Waals surface area contributed by atoms with Crippen molar-refractivity contribution in [3.8, 4) is 0 Å². The van der Waals surface area contributed by atoms with Crippen LogP contribution in [-0.2, 0) is 9.53 Å². The molecular weight excluding hydrogens is 254 g/mol. The standard InChI is InChI=1S/C11H9Cl2FO2/c1-16-10(15)4-2-3-7-5-8(12)11(14)9(13)6-7/h2-3,5-6H,4H2,1H3. The monoisotopic (exact) mass is 262 g/mol. The minimum absolute atomic E-state index is 0.0507. The molecule has 1 aromatic carbocycles. The van der Waals surface area contributed by atoms with Crippen LogP contribution >= 0.6 is 23.2 Å². The van der Waals surface area contributed by atoms with E-state index in [0.717, 1.165) is 0 Å². The maximum absolute atomic E-state index is 13.1. The molecule has 0 aliphatic heterocycles. The van der Waals surface area contributed by atoms with E-state index < -0.39 is 5.82 Å². The molecule has 1 aromatic rings. The first-order chi connectivity index (χ1) is 7.54. The molecule has 0 fully saturated rings. The molecule has 0 N–H and O–H groups in total. The van der Waals surface area contributed by atoms with E-state index in [2.05, 4.69) is 4.74 Å². The van der Waals surface area contributed by atoms with Crippen LogP contribution in [0.15, 0.2) is 18.2 Å². The summed E-state index contributed by atoms with van der Waals surface area (Å²) in [7, 11) is 1.31. The summed E-state index contributed by atoms with van der Waals surface area (Å²) in [6, 6.07) is 2.85. The summed E-state index contributed by atoms with van der Waals surface area (Å²) in [5.74, 6) is -0.996. The fraction of sp³-hybridized carbons (Fsp3) is 0.182. The van der Waals surface area contributed by atoms with Crippen molar-refractivity contribution in [2.45, 2.75) is 6.42 Å². The van der Waals surface area contributed by atoms with E-state index in [4.69, 9.17) is 23.2 Å². The summed E-state index contributed by atoms with van der Waals surface area (Å²) in [6.07, 6.45) is 3.35. The third kappa shape index (κ3) is 3.51. The predicted molar refractivity (Wildman–Crippen MR) is 62.1 cm³/mol. The van der Waals surface area contributed by atoms with E-state index in [1.54, 1.807) is 12.2 Å². The van der Waals surface area contributed by atoms with E-state index >= 15 is 0 Å². The van der Waals surface area contributed by atoms with Gasteiger partial charge in [0.15, 0.2) is 5.82 Å². The van der Waals surface area contributed by atoms with Crippen LogP contribution in [-0.4, -0.2) is 13.1 Å². The topological polar surface area (TPSA) is 26.3 Å². The Kier molecular flexibility index (Phi) is 4.77. The third-order valence-corrected chi connectivity index (χ3v) is 2.38. The van der Waals surface area contributed by atoms with Crippen LogP contribution in [0.5, 0.6) is 0 Å². The number of hydrogen-bond donors (Lipinski definition) is 0. The molecule has 0 aliphatic rings. The fourth-order valence-electron chi connectivity index (χ4n) is 1.05. The van der Waals surface area contributed by atoms with Gasteiger partial charge in [0.05, 0.1) is 23.6 Å². The Balaban J connectivity index is 2.78. The molecule has 86 valence electrons. The number of carbonyl (C=O) groups is 1. The van der Waals surface area contributed by atoms with Crippen LogP contribution in [0.25, 0.3) is 6.08 Å². The summed E-state index contributed by atoms with van der Waals surface area (Å²) in [5.41, 5.74) is 0.625. The van der Waals surface area contributed by atoms with Crippen molar-refractivity contribution < 1.29 is 13.9 Å². The van der Waals surface area contributed by atoms with Crippen LogP contribution in [0.2, 0.25) is 10.0 Å². The van der Waals surface area contributed by atoms with Crippen LogP contribution < -0.4 is 0 Å². The zero-order valence-electron chi connectivity index (χ0n) is 8.47. The van der Waals surface area contributed by atoms with Gasteiger partial charge in [0.1, 0.15) is 0 Å². The first kappa shape index (κ1) is 13.0. The van der Waals surface area contributed by atoms with E-state index in [1.165, 1.54) is 19.2 Å². The second-order valence-corrected chi connectivity index (χ2v) is 3.80. The summed E-state index contributed by atoms with van der Waals surface area (Å²) in [6.45, 7) is 0. The van der Waals surface area contributed by atoms with E-state index in [-0.39, 0.29) is 22.4 Å². The van der Waals surface area contributed by atoms with Gasteiger partial charge in [-0.2, -0.15) is 0 Å². The molecule has 16 heavy (non-hydrogen) atoms. The molecule has 0 saturated heterocycles. The maximum Gasteiger partial charge on any atom is 0.309 e. The first-order valence-electron chi connectivity index (χ1n) is 4.42. The summed E-state index contributed by atoms with van der Waals surface area (Å²) < 4.78 is 17.5. The zero-order chi connectivity index (χ0) is 12.1. The molecule has 2 nitrogen and oxygen atoms in total. The lowest BCUT2D eigenvalue weighted by Gasteiger charge is -2.00. The Labute approximate surface area is 103 Å². The molecule has 0 heterocycles. The number of halogens is 3. The van der Waals surface area contributed by atoms with Crippen LogP contribution in [0.1, 0.15) is 12.0 Å². The van der Waals surface area contributed by atoms with Crippen LogP contribution in [0.3, 0.4) is 0 Å². The molecule has 5 heteroatoms. The molecule has 0 aliphatic carbocycles. The highest BCUT2D eigenvalue weighted by molar-refractivity contribution is 6.35. The van der Waals surface area contributed by atoms with E-state index in [9.17, 15) is 9.18 Å². The number of benzene rings is 1. The fourth-order valence-corrected chi connectivity index (χ4v) is 1.55. The molecule has 0 unspecified atom stereocenters. The van der Waals surface area contributed by atoms with Gasteiger partial charge in [0, 0.05) is 0 Å². The van der Waals surface area contributed by atoms with Crippen molar-refractivity contribution in [2.24, 2.45) is 0 Å². The molecule has 0 bridgehead atoms. The van der Waals surface area contributed by atoms with Crippen molar-refractivity contribution in [1.82, 2.24) is 0 Å². The van der Waals surface area contributed by atoms with E-state index in [0.29, 0.717) is 5.56 Å². The lowest BCUT2D eigenvalue weighted by molar-refractivity contribution is -0.139. The minimum atomic E-state index is -0.645. The average molecular weight is 263 g/mol. The predicted octanol–water partition coefficient (Wildman–Crippen LogP) is 3.71. The lowest BCUT2D eigenvalue weighted by Crippen LogP contribution is -1.96. The molecule has 0 atom stereocenters. The number of rotatable bonds is 3. The van der Waals surface area contributed by atoms with Gasteiger partial charge in [-0.05, 0) is 17.7 Å². The number of ether oxygens (including phenoxy) is 1. The molecule has 0 radical (unpaired) electrons. The van der Waals surface area contributed by atoms with Gasteiger partial charge < -0.3 is 4.74 Å². The second-order valence-electron chi connectivity index (χ2n) is 2.98. The molecule has 0 saturated carbocycles. The second kappa shape index (κ2) is 5.87. The van der Waals surface area contributed by atoms with Gasteiger partial charge in [-0.15, -0.1) is 0 Å². The Morgan fingerprint density at radius 3 is 2.50 bits per heavy atom. The van der Waals surface area contributed by atoms with Gasteiger partial charge in [0.2, 0.25) is 0 Å². The van der Waals surface area contributed by atoms with Crippen LogP contribution in [0.4, 0.5) is 4.39 Å². The van der Waals surface area contributed by atoms with Crippen LogP contribution in [0, 0.1) is 5.82 Å². The van der Waals surface area contributed by atoms with Gasteiger partial charge in [-0.1, -0.05) is 35.4 Å². The molecule has 0 aromatic heterocycles. The molecule has 1 rings (SSSR count). The Bertz CT molecular complexity index is 407. The van der Waals surface area contributed by atoms with Crippen molar-refractivity contribution in [1.29, 1.82) is 0 Å². The summed E-state index contributed by atoms with van der Waals surface area (Å²) in [4.78, 5) is 10.8. The highest BCUT2D eigenvalue weighted by Gasteiger charge is 2.05. The van der Waals surface area contributed by atoms with Gasteiger partial charge in [0.25, 0.3) is 0 Å². The summed E-state index contributed by atoms with van der Waals surface area (Å²) in [5, 5.41) is -0.101. The molecule has 0 amide bonds. The quantitative estimate of drug-likeness (QED) is 0.613. The smallest absolute Gasteiger partial charge is 0.309 e. The molecular formula is C11H9Cl2FO2.